The van der Waals surface area contributed by atoms with Crippen molar-refractivity contribution in [2.45, 2.75) is 6.92 Å². The van der Waals surface area contributed by atoms with Gasteiger partial charge in [0.1, 0.15) is 12.3 Å². The van der Waals surface area contributed by atoms with Gasteiger partial charge in [-0.25, -0.2) is 4.79 Å². The maximum Gasteiger partial charge on any atom is 0.323 e. The first-order valence-electron chi connectivity index (χ1n) is 6.55. The Kier molecular flexibility index (Phi) is 5.46. The summed E-state index contributed by atoms with van der Waals surface area (Å²) in [6, 6.07) is 5.80. The first-order valence-corrected chi connectivity index (χ1v) is 7.31. The van der Waals surface area contributed by atoms with Crippen molar-refractivity contribution in [3.05, 3.63) is 40.1 Å². The Morgan fingerprint density at radius 3 is 2.57 bits per heavy atom. The third kappa shape index (κ3) is 4.87. The molecule has 1 aromatic heterocycles. The molecule has 0 radical (unpaired) electrons. The van der Waals surface area contributed by atoms with Crippen LogP contribution in [0.5, 0.6) is 0 Å². The number of hydrogen-bond donors (Lipinski definition) is 2. The quantitative estimate of drug-likeness (QED) is 0.878. The topological polar surface area (TPSA) is 87.5 Å². The molecule has 7 nitrogen and oxygen atoms in total. The predicted octanol–water partition coefficient (Wildman–Crippen LogP) is 3.39. The Morgan fingerprint density at radius 1 is 1.22 bits per heavy atom. The number of aromatic nitrogens is 1. The van der Waals surface area contributed by atoms with E-state index in [0.717, 1.165) is 0 Å². The Bertz CT molecular complexity index is 733. The highest BCUT2D eigenvalue weighted by Crippen LogP contribution is 2.24. The van der Waals surface area contributed by atoms with Crippen LogP contribution >= 0.6 is 23.2 Å². The van der Waals surface area contributed by atoms with E-state index in [2.05, 4.69) is 15.8 Å². The van der Waals surface area contributed by atoms with Crippen molar-refractivity contribution >= 4 is 46.6 Å². The lowest BCUT2D eigenvalue weighted by atomic mass is 10.3. The Morgan fingerprint density at radius 2 is 1.96 bits per heavy atom. The Hall–Kier alpha value is -2.25. The second kappa shape index (κ2) is 7.34. The van der Waals surface area contributed by atoms with Crippen LogP contribution in [0.3, 0.4) is 0 Å². The first-order chi connectivity index (χ1) is 10.8. The number of carbonyl (C=O) groups excluding carboxylic acids is 2. The van der Waals surface area contributed by atoms with Gasteiger partial charge < -0.3 is 14.7 Å². The molecule has 122 valence electrons. The van der Waals surface area contributed by atoms with Gasteiger partial charge in [-0.15, -0.1) is 0 Å². The number of benzene rings is 1. The third-order valence-corrected chi connectivity index (χ3v) is 3.53. The molecule has 0 saturated carbocycles. The maximum atomic E-state index is 11.9. The minimum absolute atomic E-state index is 0.150. The van der Waals surface area contributed by atoms with Gasteiger partial charge in [-0.3, -0.25) is 10.1 Å². The molecule has 0 bridgehead atoms. The van der Waals surface area contributed by atoms with E-state index in [9.17, 15) is 9.59 Å². The second-order valence-corrected chi connectivity index (χ2v) is 5.60. The van der Waals surface area contributed by atoms with E-state index in [-0.39, 0.29) is 18.3 Å². The number of carbonyl (C=O) groups is 2. The Labute approximate surface area is 142 Å². The fourth-order valence-corrected chi connectivity index (χ4v) is 1.99. The van der Waals surface area contributed by atoms with E-state index in [1.807, 2.05) is 0 Å². The van der Waals surface area contributed by atoms with Crippen molar-refractivity contribution in [3.63, 3.8) is 0 Å². The highest BCUT2D eigenvalue weighted by Gasteiger charge is 2.15. The van der Waals surface area contributed by atoms with Gasteiger partial charge in [0.15, 0.2) is 5.82 Å². The van der Waals surface area contributed by atoms with Crippen LogP contribution in [0.1, 0.15) is 5.76 Å². The van der Waals surface area contributed by atoms with E-state index >= 15 is 0 Å². The summed E-state index contributed by atoms with van der Waals surface area (Å²) < 4.78 is 4.84. The molecule has 23 heavy (non-hydrogen) atoms. The van der Waals surface area contributed by atoms with Crippen LogP contribution in [-0.2, 0) is 4.79 Å². The SMILES string of the molecule is Cc1cc(NC(=O)N(C)CC(=O)Nc2ccc(Cl)c(Cl)c2)no1. The van der Waals surface area contributed by atoms with Gasteiger partial charge in [-0.2, -0.15) is 0 Å². The highest BCUT2D eigenvalue weighted by atomic mass is 35.5. The van der Waals surface area contributed by atoms with Gasteiger partial charge >= 0.3 is 6.03 Å². The van der Waals surface area contributed by atoms with Crippen molar-refractivity contribution in [2.24, 2.45) is 0 Å². The summed E-state index contributed by atoms with van der Waals surface area (Å²) in [7, 11) is 1.48. The van der Waals surface area contributed by atoms with Crippen molar-refractivity contribution in [1.82, 2.24) is 10.1 Å². The van der Waals surface area contributed by atoms with Crippen molar-refractivity contribution in [3.8, 4) is 0 Å². The molecule has 2 aromatic rings. The molecule has 1 heterocycles. The average molecular weight is 357 g/mol. The lowest BCUT2D eigenvalue weighted by Gasteiger charge is -2.16. The number of urea groups is 1. The van der Waals surface area contributed by atoms with Gasteiger partial charge in [-0.1, -0.05) is 28.4 Å². The Balaban J connectivity index is 1.88. The minimum Gasteiger partial charge on any atom is -0.360 e. The van der Waals surface area contributed by atoms with Crippen LogP contribution in [0.25, 0.3) is 0 Å². The molecule has 0 aliphatic heterocycles. The molecule has 0 fully saturated rings. The number of anilines is 2. The summed E-state index contributed by atoms with van der Waals surface area (Å²) in [5, 5.41) is 9.50. The number of nitrogens with zero attached hydrogens (tertiary/aromatic N) is 2. The standard InChI is InChI=1S/C14H14Cl2N4O3/c1-8-5-12(19-23-8)18-14(22)20(2)7-13(21)17-9-3-4-10(15)11(16)6-9/h3-6H,7H2,1-2H3,(H,17,21)(H,18,19,22). The monoisotopic (exact) mass is 356 g/mol. The van der Waals surface area contributed by atoms with E-state index in [4.69, 9.17) is 27.7 Å². The predicted molar refractivity (Wildman–Crippen MR) is 88.0 cm³/mol. The molecule has 2 rings (SSSR count). The third-order valence-electron chi connectivity index (χ3n) is 2.79. The summed E-state index contributed by atoms with van der Waals surface area (Å²) in [5.74, 6) is 0.474. The maximum absolute atomic E-state index is 11.9. The van der Waals surface area contributed by atoms with Gasteiger partial charge in [-0.05, 0) is 25.1 Å². The molecular weight excluding hydrogens is 343 g/mol. The van der Waals surface area contributed by atoms with E-state index < -0.39 is 6.03 Å². The number of likely N-dealkylation sites (N-methyl/N-ethyl adjacent to an activating group) is 1. The molecule has 0 unspecified atom stereocenters. The molecule has 1 aromatic carbocycles. The summed E-state index contributed by atoms with van der Waals surface area (Å²) in [5.41, 5.74) is 0.491. The number of nitrogens with one attached hydrogen (secondary N) is 2. The summed E-state index contributed by atoms with van der Waals surface area (Å²) >= 11 is 11.7. The molecule has 0 saturated heterocycles. The number of amides is 3. The molecule has 0 spiro atoms. The van der Waals surface area contributed by atoms with Crippen LogP contribution in [0.2, 0.25) is 10.0 Å². The second-order valence-electron chi connectivity index (χ2n) is 4.79. The van der Waals surface area contributed by atoms with E-state index in [0.29, 0.717) is 21.5 Å². The van der Waals surface area contributed by atoms with Gasteiger partial charge in [0.05, 0.1) is 10.0 Å². The average Bonchev–Trinajstić information content (AvgIpc) is 2.88. The normalized spacial score (nSPS) is 10.3. The zero-order chi connectivity index (χ0) is 17.0. The van der Waals surface area contributed by atoms with Crippen LogP contribution in [0.15, 0.2) is 28.8 Å². The summed E-state index contributed by atoms with van der Waals surface area (Å²) in [6.07, 6.45) is 0. The van der Waals surface area contributed by atoms with E-state index in [1.165, 1.54) is 18.0 Å². The highest BCUT2D eigenvalue weighted by molar-refractivity contribution is 6.42. The number of rotatable bonds is 4. The van der Waals surface area contributed by atoms with Crippen LogP contribution in [-0.4, -0.2) is 35.6 Å². The van der Waals surface area contributed by atoms with Crippen molar-refractivity contribution < 1.29 is 14.1 Å². The zero-order valence-electron chi connectivity index (χ0n) is 12.4. The number of halogens is 2. The van der Waals surface area contributed by atoms with Gasteiger partial charge in [0.25, 0.3) is 0 Å². The van der Waals surface area contributed by atoms with Crippen LogP contribution in [0.4, 0.5) is 16.3 Å². The lowest BCUT2D eigenvalue weighted by molar-refractivity contribution is -0.116. The zero-order valence-corrected chi connectivity index (χ0v) is 13.9. The smallest absolute Gasteiger partial charge is 0.323 e. The largest absolute Gasteiger partial charge is 0.360 e. The number of aryl methyl sites for hydroxylation is 1. The lowest BCUT2D eigenvalue weighted by Crippen LogP contribution is -2.37. The molecule has 0 aliphatic carbocycles. The molecule has 0 aliphatic rings. The van der Waals surface area contributed by atoms with E-state index in [1.54, 1.807) is 25.1 Å². The van der Waals surface area contributed by atoms with Crippen LogP contribution < -0.4 is 10.6 Å². The molecular formula is C14H14Cl2N4O3. The van der Waals surface area contributed by atoms with Crippen LogP contribution in [0, 0.1) is 6.92 Å². The summed E-state index contributed by atoms with van der Waals surface area (Å²) in [6.45, 7) is 1.56. The molecule has 0 atom stereocenters. The fraction of sp³-hybridized carbons (Fsp3) is 0.214. The molecule has 3 amide bonds. The molecule has 9 heteroatoms. The number of hydrogen-bond acceptors (Lipinski definition) is 4. The first kappa shape index (κ1) is 17.1. The molecule has 2 N–H and O–H groups in total. The van der Waals surface area contributed by atoms with Gasteiger partial charge in [0.2, 0.25) is 5.91 Å². The van der Waals surface area contributed by atoms with Gasteiger partial charge in [0, 0.05) is 18.8 Å². The van der Waals surface area contributed by atoms with Crippen molar-refractivity contribution in [2.75, 3.05) is 24.2 Å². The summed E-state index contributed by atoms with van der Waals surface area (Å²) in [4.78, 5) is 25.1. The minimum atomic E-state index is -0.484. The fourth-order valence-electron chi connectivity index (χ4n) is 1.69. The van der Waals surface area contributed by atoms with Crippen molar-refractivity contribution in [1.29, 1.82) is 0 Å².